The molecule has 0 atom stereocenters. The van der Waals surface area contributed by atoms with E-state index in [1.165, 1.54) is 70.6 Å². The van der Waals surface area contributed by atoms with Gasteiger partial charge < -0.3 is 0 Å². The molecule has 0 saturated carbocycles. The van der Waals surface area contributed by atoms with Crippen molar-refractivity contribution in [3.8, 4) is 0 Å². The molecule has 0 N–H and O–H groups in total. The average Bonchev–Trinajstić information content (AvgIpc) is 2.45. The standard InChI is InChI=1S/C18H36Br2/c1-4-5-6-7-8-9-10-11-12-13-14-18(15-19,16-20)17(2)3/h17H,4-16H2,1-3H3. The van der Waals surface area contributed by atoms with Gasteiger partial charge in [-0.3, -0.25) is 0 Å². The van der Waals surface area contributed by atoms with Crippen LogP contribution >= 0.6 is 31.9 Å². The molecular weight excluding hydrogens is 376 g/mol. The van der Waals surface area contributed by atoms with Gasteiger partial charge in [-0.25, -0.2) is 0 Å². The minimum absolute atomic E-state index is 0.458. The molecular formula is C18H36Br2. The zero-order valence-corrected chi connectivity index (χ0v) is 17.2. The summed E-state index contributed by atoms with van der Waals surface area (Å²) in [5.41, 5.74) is 0.458. The minimum atomic E-state index is 0.458. The molecule has 0 bridgehead atoms. The molecule has 20 heavy (non-hydrogen) atoms. The van der Waals surface area contributed by atoms with E-state index in [0.717, 1.165) is 16.6 Å². The summed E-state index contributed by atoms with van der Waals surface area (Å²) < 4.78 is 0. The summed E-state index contributed by atoms with van der Waals surface area (Å²) in [6.07, 6.45) is 15.7. The first-order valence-corrected chi connectivity index (χ1v) is 11.0. The van der Waals surface area contributed by atoms with Crippen LogP contribution in [0.25, 0.3) is 0 Å². The number of unbranched alkanes of at least 4 members (excludes halogenated alkanes) is 9. The molecule has 0 aliphatic rings. The minimum Gasteiger partial charge on any atom is -0.0922 e. The van der Waals surface area contributed by atoms with Gasteiger partial charge in [0.05, 0.1) is 0 Å². The predicted octanol–water partition coefficient (Wildman–Crippen LogP) is 7.73. The Kier molecular flexibility index (Phi) is 14.3. The number of halogens is 2. The maximum absolute atomic E-state index is 3.73. The molecule has 0 aromatic carbocycles. The van der Waals surface area contributed by atoms with Crippen molar-refractivity contribution in [1.29, 1.82) is 0 Å². The van der Waals surface area contributed by atoms with Crippen LogP contribution in [0.3, 0.4) is 0 Å². The maximum Gasteiger partial charge on any atom is 0.00984 e. The topological polar surface area (TPSA) is 0 Å². The SMILES string of the molecule is CCCCCCCCCCCCC(CBr)(CBr)C(C)C. The third-order valence-electron chi connectivity index (χ3n) is 4.79. The lowest BCUT2D eigenvalue weighted by Crippen LogP contribution is -2.31. The van der Waals surface area contributed by atoms with E-state index >= 15 is 0 Å². The van der Waals surface area contributed by atoms with E-state index in [2.05, 4.69) is 52.6 Å². The van der Waals surface area contributed by atoms with Gasteiger partial charge >= 0.3 is 0 Å². The van der Waals surface area contributed by atoms with Gasteiger partial charge in [-0.1, -0.05) is 117 Å². The van der Waals surface area contributed by atoms with Crippen molar-refractivity contribution < 1.29 is 0 Å². The lowest BCUT2D eigenvalue weighted by molar-refractivity contribution is 0.239. The summed E-state index contributed by atoms with van der Waals surface area (Å²) >= 11 is 7.46. The third kappa shape index (κ3) is 9.07. The number of rotatable bonds is 14. The van der Waals surface area contributed by atoms with E-state index in [4.69, 9.17) is 0 Å². The van der Waals surface area contributed by atoms with Crippen LogP contribution in [-0.2, 0) is 0 Å². The molecule has 0 aliphatic heterocycles. The Morgan fingerprint density at radius 2 is 1.10 bits per heavy atom. The molecule has 0 nitrogen and oxygen atoms in total. The molecule has 122 valence electrons. The van der Waals surface area contributed by atoms with Crippen molar-refractivity contribution in [1.82, 2.24) is 0 Å². The van der Waals surface area contributed by atoms with Gasteiger partial charge in [0, 0.05) is 10.7 Å². The summed E-state index contributed by atoms with van der Waals surface area (Å²) in [5.74, 6) is 0.750. The second-order valence-electron chi connectivity index (χ2n) is 6.72. The van der Waals surface area contributed by atoms with E-state index in [-0.39, 0.29) is 0 Å². The fourth-order valence-corrected chi connectivity index (χ4v) is 5.52. The molecule has 0 saturated heterocycles. The van der Waals surface area contributed by atoms with Gasteiger partial charge in [0.2, 0.25) is 0 Å². The van der Waals surface area contributed by atoms with Crippen LogP contribution in [0.2, 0.25) is 0 Å². The first-order chi connectivity index (χ1) is 9.63. The number of hydrogen-bond acceptors (Lipinski definition) is 0. The molecule has 0 aromatic heterocycles. The van der Waals surface area contributed by atoms with E-state index in [0.29, 0.717) is 5.41 Å². The van der Waals surface area contributed by atoms with Gasteiger partial charge in [0.15, 0.2) is 0 Å². The van der Waals surface area contributed by atoms with Crippen LogP contribution in [0.4, 0.5) is 0 Å². The highest BCUT2D eigenvalue weighted by molar-refractivity contribution is 9.09. The van der Waals surface area contributed by atoms with Crippen LogP contribution in [-0.4, -0.2) is 10.7 Å². The van der Waals surface area contributed by atoms with E-state index in [9.17, 15) is 0 Å². The Morgan fingerprint density at radius 1 is 0.700 bits per heavy atom. The second-order valence-corrected chi connectivity index (χ2v) is 7.84. The maximum atomic E-state index is 3.73. The van der Waals surface area contributed by atoms with Crippen LogP contribution in [0.15, 0.2) is 0 Å². The third-order valence-corrected chi connectivity index (χ3v) is 7.02. The highest BCUT2D eigenvalue weighted by Crippen LogP contribution is 2.37. The Hall–Kier alpha value is 0.960. The van der Waals surface area contributed by atoms with Crippen LogP contribution in [0.1, 0.15) is 91.4 Å². The van der Waals surface area contributed by atoms with Gasteiger partial charge in [-0.05, 0) is 17.8 Å². The number of hydrogen-bond donors (Lipinski definition) is 0. The fraction of sp³-hybridized carbons (Fsp3) is 1.00. The lowest BCUT2D eigenvalue weighted by Gasteiger charge is -2.34. The summed E-state index contributed by atoms with van der Waals surface area (Å²) in [6.45, 7) is 7.01. The average molecular weight is 412 g/mol. The molecule has 0 fully saturated rings. The lowest BCUT2D eigenvalue weighted by atomic mass is 9.77. The smallest absolute Gasteiger partial charge is 0.00984 e. The normalized spacial score (nSPS) is 12.3. The largest absolute Gasteiger partial charge is 0.0922 e. The van der Waals surface area contributed by atoms with Crippen LogP contribution in [0.5, 0.6) is 0 Å². The van der Waals surface area contributed by atoms with Crippen molar-refractivity contribution in [3.63, 3.8) is 0 Å². The van der Waals surface area contributed by atoms with Crippen LogP contribution < -0.4 is 0 Å². The fourth-order valence-electron chi connectivity index (χ4n) is 2.73. The molecule has 0 radical (unpaired) electrons. The summed E-state index contributed by atoms with van der Waals surface area (Å²) in [5, 5.41) is 2.25. The molecule has 0 unspecified atom stereocenters. The molecule has 0 spiro atoms. The predicted molar refractivity (Wildman–Crippen MR) is 101 cm³/mol. The van der Waals surface area contributed by atoms with Gasteiger partial charge in [-0.2, -0.15) is 0 Å². The van der Waals surface area contributed by atoms with Crippen molar-refractivity contribution in [2.24, 2.45) is 11.3 Å². The highest BCUT2D eigenvalue weighted by Gasteiger charge is 2.30. The molecule has 0 rings (SSSR count). The zero-order chi connectivity index (χ0) is 15.3. The van der Waals surface area contributed by atoms with E-state index < -0.39 is 0 Å². The summed E-state index contributed by atoms with van der Waals surface area (Å²) in [6, 6.07) is 0. The van der Waals surface area contributed by atoms with Crippen LogP contribution in [0, 0.1) is 11.3 Å². The van der Waals surface area contributed by atoms with Gasteiger partial charge in [0.1, 0.15) is 0 Å². The Bertz CT molecular complexity index is 198. The van der Waals surface area contributed by atoms with Crippen molar-refractivity contribution in [2.75, 3.05) is 10.7 Å². The summed E-state index contributed by atoms with van der Waals surface area (Å²) in [7, 11) is 0. The number of alkyl halides is 2. The van der Waals surface area contributed by atoms with Crippen molar-refractivity contribution >= 4 is 31.9 Å². The quantitative estimate of drug-likeness (QED) is 0.202. The monoisotopic (exact) mass is 410 g/mol. The van der Waals surface area contributed by atoms with Crippen molar-refractivity contribution in [3.05, 3.63) is 0 Å². The Balaban J connectivity index is 3.51. The zero-order valence-electron chi connectivity index (χ0n) is 14.0. The Morgan fingerprint density at radius 3 is 1.45 bits per heavy atom. The second kappa shape index (κ2) is 13.6. The first-order valence-electron chi connectivity index (χ1n) is 8.75. The molecule has 0 heterocycles. The Labute approximate surface area is 145 Å². The summed E-state index contributed by atoms with van der Waals surface area (Å²) in [4.78, 5) is 0. The van der Waals surface area contributed by atoms with Crippen molar-refractivity contribution in [2.45, 2.75) is 91.4 Å². The first kappa shape index (κ1) is 21.0. The van der Waals surface area contributed by atoms with Gasteiger partial charge in [-0.15, -0.1) is 0 Å². The molecule has 2 heteroatoms. The highest BCUT2D eigenvalue weighted by atomic mass is 79.9. The van der Waals surface area contributed by atoms with E-state index in [1.807, 2.05) is 0 Å². The van der Waals surface area contributed by atoms with Gasteiger partial charge in [0.25, 0.3) is 0 Å². The molecule has 0 aliphatic carbocycles. The van der Waals surface area contributed by atoms with E-state index in [1.54, 1.807) is 0 Å². The molecule has 0 aromatic rings. The molecule has 0 amide bonds.